The summed E-state index contributed by atoms with van der Waals surface area (Å²) in [5.74, 6) is -1.61. The van der Waals surface area contributed by atoms with Crippen LogP contribution < -0.4 is 5.32 Å². The number of benzene rings is 2. The standard InChI is InChI=1S/C22H23ClN2O4/c1-15(21(27)24-19-9-5-8-18(23)13-19)29-22(28)17-12-20(26)25(14-17)11-10-16-6-3-2-4-7-16/h2-9,13,15,17H,10-12,14H2,1H3,(H,24,27)/t15-,17+/m0/s1. The van der Waals surface area contributed by atoms with Crippen molar-refractivity contribution in [3.63, 3.8) is 0 Å². The molecule has 6 nitrogen and oxygen atoms in total. The first-order valence-electron chi connectivity index (χ1n) is 9.51. The molecule has 0 unspecified atom stereocenters. The third kappa shape index (κ3) is 5.81. The van der Waals surface area contributed by atoms with Gasteiger partial charge in [0.25, 0.3) is 5.91 Å². The van der Waals surface area contributed by atoms with Gasteiger partial charge in [0.1, 0.15) is 0 Å². The molecular formula is C22H23ClN2O4. The Labute approximate surface area is 174 Å². The quantitative estimate of drug-likeness (QED) is 0.705. The van der Waals surface area contributed by atoms with E-state index in [4.69, 9.17) is 16.3 Å². The van der Waals surface area contributed by atoms with Crippen molar-refractivity contribution in [3.05, 3.63) is 65.2 Å². The van der Waals surface area contributed by atoms with Crippen molar-refractivity contribution in [1.82, 2.24) is 4.90 Å². The number of amides is 2. The highest BCUT2D eigenvalue weighted by atomic mass is 35.5. The van der Waals surface area contributed by atoms with Crippen molar-refractivity contribution < 1.29 is 19.1 Å². The van der Waals surface area contributed by atoms with Crippen LogP contribution in [0.2, 0.25) is 5.02 Å². The van der Waals surface area contributed by atoms with Gasteiger partial charge in [-0.3, -0.25) is 14.4 Å². The molecule has 152 valence electrons. The van der Waals surface area contributed by atoms with Crippen LogP contribution in [0.4, 0.5) is 5.69 Å². The van der Waals surface area contributed by atoms with Crippen molar-refractivity contribution in [3.8, 4) is 0 Å². The van der Waals surface area contributed by atoms with Crippen LogP contribution in [0, 0.1) is 5.92 Å². The van der Waals surface area contributed by atoms with Crippen molar-refractivity contribution in [2.45, 2.75) is 25.9 Å². The molecular weight excluding hydrogens is 392 g/mol. The van der Waals surface area contributed by atoms with E-state index in [0.717, 1.165) is 12.0 Å². The highest BCUT2D eigenvalue weighted by Gasteiger charge is 2.36. The summed E-state index contributed by atoms with van der Waals surface area (Å²) in [4.78, 5) is 38.6. The number of carbonyl (C=O) groups excluding carboxylic acids is 3. The number of esters is 1. The first-order chi connectivity index (χ1) is 13.9. The van der Waals surface area contributed by atoms with E-state index in [1.807, 2.05) is 30.3 Å². The minimum absolute atomic E-state index is 0.0705. The summed E-state index contributed by atoms with van der Waals surface area (Å²) in [6, 6.07) is 16.6. The van der Waals surface area contributed by atoms with E-state index >= 15 is 0 Å². The van der Waals surface area contributed by atoms with Crippen LogP contribution >= 0.6 is 11.6 Å². The van der Waals surface area contributed by atoms with Gasteiger partial charge in [0.2, 0.25) is 5.91 Å². The minimum Gasteiger partial charge on any atom is -0.452 e. The van der Waals surface area contributed by atoms with Crippen LogP contribution in [0.25, 0.3) is 0 Å². The van der Waals surface area contributed by atoms with E-state index in [0.29, 0.717) is 23.8 Å². The largest absolute Gasteiger partial charge is 0.452 e. The average Bonchev–Trinajstić information content (AvgIpc) is 3.08. The molecule has 29 heavy (non-hydrogen) atoms. The van der Waals surface area contributed by atoms with E-state index in [-0.39, 0.29) is 12.3 Å². The Morgan fingerprint density at radius 1 is 1.21 bits per heavy atom. The molecule has 0 saturated carbocycles. The second-order valence-electron chi connectivity index (χ2n) is 7.06. The third-order valence-corrected chi connectivity index (χ3v) is 5.05. The Hall–Kier alpha value is -2.86. The lowest BCUT2D eigenvalue weighted by Gasteiger charge is -2.18. The Morgan fingerprint density at radius 2 is 1.97 bits per heavy atom. The molecule has 0 aromatic heterocycles. The maximum atomic E-state index is 12.4. The number of anilines is 1. The number of nitrogens with one attached hydrogen (secondary N) is 1. The van der Waals surface area contributed by atoms with Crippen LogP contribution in [0.3, 0.4) is 0 Å². The molecule has 0 radical (unpaired) electrons. The fourth-order valence-corrected chi connectivity index (χ4v) is 3.38. The fourth-order valence-electron chi connectivity index (χ4n) is 3.19. The average molecular weight is 415 g/mol. The molecule has 3 rings (SSSR count). The highest BCUT2D eigenvalue weighted by Crippen LogP contribution is 2.21. The Balaban J connectivity index is 1.48. The first kappa shape index (κ1) is 20.9. The molecule has 1 saturated heterocycles. The predicted molar refractivity (Wildman–Crippen MR) is 110 cm³/mol. The molecule has 1 heterocycles. The minimum atomic E-state index is -0.977. The highest BCUT2D eigenvalue weighted by molar-refractivity contribution is 6.30. The first-order valence-corrected chi connectivity index (χ1v) is 9.89. The summed E-state index contributed by atoms with van der Waals surface area (Å²) in [5, 5.41) is 3.15. The van der Waals surface area contributed by atoms with E-state index in [1.54, 1.807) is 29.2 Å². The van der Waals surface area contributed by atoms with E-state index in [9.17, 15) is 14.4 Å². The summed E-state index contributed by atoms with van der Waals surface area (Å²) in [5.41, 5.74) is 1.66. The summed E-state index contributed by atoms with van der Waals surface area (Å²) < 4.78 is 5.30. The maximum absolute atomic E-state index is 12.4. The molecule has 1 fully saturated rings. The summed E-state index contributed by atoms with van der Waals surface area (Å²) >= 11 is 5.90. The van der Waals surface area contributed by atoms with Gasteiger partial charge in [-0.2, -0.15) is 0 Å². The Bertz CT molecular complexity index is 887. The number of carbonyl (C=O) groups is 3. The van der Waals surface area contributed by atoms with Crippen LogP contribution in [0.1, 0.15) is 18.9 Å². The molecule has 0 bridgehead atoms. The topological polar surface area (TPSA) is 75.7 Å². The van der Waals surface area contributed by atoms with Gasteiger partial charge < -0.3 is 15.0 Å². The van der Waals surface area contributed by atoms with Gasteiger partial charge in [-0.05, 0) is 37.1 Å². The molecule has 0 aliphatic carbocycles. The van der Waals surface area contributed by atoms with E-state index < -0.39 is 23.9 Å². The normalized spacial score (nSPS) is 17.1. The lowest BCUT2D eigenvalue weighted by molar-refractivity contribution is -0.157. The fraction of sp³-hybridized carbons (Fsp3) is 0.318. The monoisotopic (exact) mass is 414 g/mol. The Kier molecular flexibility index (Phi) is 6.88. The summed E-state index contributed by atoms with van der Waals surface area (Å²) in [6.45, 7) is 2.37. The lowest BCUT2D eigenvalue weighted by atomic mass is 10.1. The smallest absolute Gasteiger partial charge is 0.312 e. The van der Waals surface area contributed by atoms with Gasteiger partial charge in [0.05, 0.1) is 5.92 Å². The van der Waals surface area contributed by atoms with Crippen LogP contribution in [0.5, 0.6) is 0 Å². The third-order valence-electron chi connectivity index (χ3n) is 4.82. The zero-order valence-corrected chi connectivity index (χ0v) is 16.9. The van der Waals surface area contributed by atoms with Crippen molar-refractivity contribution in [1.29, 1.82) is 0 Å². The zero-order chi connectivity index (χ0) is 20.8. The number of halogens is 1. The zero-order valence-electron chi connectivity index (χ0n) is 16.1. The maximum Gasteiger partial charge on any atom is 0.312 e. The number of hydrogen-bond acceptors (Lipinski definition) is 4. The molecule has 2 aromatic carbocycles. The molecule has 0 spiro atoms. The molecule has 7 heteroatoms. The van der Waals surface area contributed by atoms with Crippen molar-refractivity contribution in [2.75, 3.05) is 18.4 Å². The van der Waals surface area contributed by atoms with Gasteiger partial charge in [-0.1, -0.05) is 48.0 Å². The van der Waals surface area contributed by atoms with Crippen molar-refractivity contribution in [2.24, 2.45) is 5.92 Å². The number of hydrogen-bond donors (Lipinski definition) is 1. The van der Waals surface area contributed by atoms with Crippen LogP contribution in [0.15, 0.2) is 54.6 Å². The van der Waals surface area contributed by atoms with Gasteiger partial charge in [-0.15, -0.1) is 0 Å². The molecule has 2 amide bonds. The summed E-state index contributed by atoms with van der Waals surface area (Å²) in [6.07, 6.45) is -0.141. The van der Waals surface area contributed by atoms with Gasteiger partial charge >= 0.3 is 5.97 Å². The van der Waals surface area contributed by atoms with E-state index in [2.05, 4.69) is 5.32 Å². The molecule has 1 aliphatic rings. The lowest BCUT2D eigenvalue weighted by Crippen LogP contribution is -2.33. The van der Waals surface area contributed by atoms with Gasteiger partial charge in [0.15, 0.2) is 6.10 Å². The summed E-state index contributed by atoms with van der Waals surface area (Å²) in [7, 11) is 0. The SMILES string of the molecule is C[C@H](OC(=O)[C@@H]1CC(=O)N(CCc2ccccc2)C1)C(=O)Nc1cccc(Cl)c1. The van der Waals surface area contributed by atoms with Gasteiger partial charge in [-0.25, -0.2) is 0 Å². The second kappa shape index (κ2) is 9.56. The number of ether oxygens (including phenoxy) is 1. The molecule has 1 aliphatic heterocycles. The van der Waals surface area contributed by atoms with Crippen LogP contribution in [-0.2, 0) is 25.5 Å². The molecule has 2 aromatic rings. The van der Waals surface area contributed by atoms with E-state index in [1.165, 1.54) is 6.92 Å². The number of nitrogens with zero attached hydrogens (tertiary/aromatic N) is 1. The predicted octanol–water partition coefficient (Wildman–Crippen LogP) is 3.30. The van der Waals surface area contributed by atoms with Gasteiger partial charge in [0, 0.05) is 30.2 Å². The number of rotatable bonds is 7. The van der Waals surface area contributed by atoms with Crippen LogP contribution in [-0.4, -0.2) is 41.9 Å². The molecule has 1 N–H and O–H groups in total. The molecule has 2 atom stereocenters. The Morgan fingerprint density at radius 3 is 2.69 bits per heavy atom. The number of likely N-dealkylation sites (tertiary alicyclic amines) is 1. The van der Waals surface area contributed by atoms with Crippen molar-refractivity contribution >= 4 is 35.1 Å². The second-order valence-corrected chi connectivity index (χ2v) is 7.49.